The molecule has 3 N–H and O–H groups in total. The molecule has 0 aliphatic rings. The molecule has 0 spiro atoms. The fraction of sp³-hybridized carbons (Fsp3) is 0.217. The highest BCUT2D eigenvalue weighted by atomic mass is 19.1. The van der Waals surface area contributed by atoms with Crippen molar-refractivity contribution >= 4 is 17.1 Å². The molecule has 2 atom stereocenters. The van der Waals surface area contributed by atoms with Crippen LogP contribution in [0, 0.1) is 11.6 Å². The van der Waals surface area contributed by atoms with Gasteiger partial charge in [-0.25, -0.2) is 13.5 Å². The van der Waals surface area contributed by atoms with Gasteiger partial charge in [0.25, 0.3) is 0 Å². The molecule has 10 heteroatoms. The van der Waals surface area contributed by atoms with Crippen LogP contribution in [0.5, 0.6) is 0 Å². The van der Waals surface area contributed by atoms with Crippen LogP contribution in [0.1, 0.15) is 29.8 Å². The normalized spacial score (nSPS) is 13.1. The van der Waals surface area contributed by atoms with Crippen LogP contribution >= 0.6 is 0 Å². The zero-order chi connectivity index (χ0) is 24.0. The van der Waals surface area contributed by atoms with Gasteiger partial charge in [0.1, 0.15) is 11.6 Å². The van der Waals surface area contributed by atoms with Gasteiger partial charge in [0, 0.05) is 19.0 Å². The number of allylic oxidation sites excluding steroid dienone is 2. The summed E-state index contributed by atoms with van der Waals surface area (Å²) >= 11 is 0. The number of aliphatic hydroxyl groups is 2. The summed E-state index contributed by atoms with van der Waals surface area (Å²) in [6.07, 6.45) is -0.196. The van der Waals surface area contributed by atoms with Crippen molar-refractivity contribution in [3.8, 4) is 0 Å². The lowest BCUT2D eigenvalue weighted by molar-refractivity contribution is -0.139. The van der Waals surface area contributed by atoms with E-state index in [2.05, 4.69) is 15.5 Å². The van der Waals surface area contributed by atoms with Crippen LogP contribution in [0.2, 0.25) is 0 Å². The molecule has 1 aromatic heterocycles. The summed E-state index contributed by atoms with van der Waals surface area (Å²) in [5.41, 5.74) is 2.16. The van der Waals surface area contributed by atoms with E-state index in [4.69, 9.17) is 5.11 Å². The Balaban J connectivity index is 2.13. The molecule has 3 rings (SSSR count). The summed E-state index contributed by atoms with van der Waals surface area (Å²) < 4.78 is 28.6. The maximum absolute atomic E-state index is 13.6. The number of halogens is 2. The van der Waals surface area contributed by atoms with Crippen molar-refractivity contribution in [2.45, 2.75) is 25.0 Å². The Morgan fingerprint density at radius 3 is 2.03 bits per heavy atom. The van der Waals surface area contributed by atoms with Crippen LogP contribution < -0.4 is 0 Å². The van der Waals surface area contributed by atoms with Gasteiger partial charge in [-0.1, -0.05) is 36.4 Å². The first kappa shape index (κ1) is 23.9. The van der Waals surface area contributed by atoms with Gasteiger partial charge in [-0.05, 0) is 51.4 Å². The Kier molecular flexibility index (Phi) is 7.75. The number of aliphatic hydroxyl groups excluding tert-OH is 2. The smallest absolute Gasteiger partial charge is 0.305 e. The molecule has 0 fully saturated rings. The molecule has 0 radical (unpaired) electrons. The Hall–Kier alpha value is -3.76. The number of hydrogen-bond donors (Lipinski definition) is 3. The average molecular weight is 456 g/mol. The number of carbonyl (C=O) groups is 1. The number of carboxylic acid groups (broad SMARTS) is 1. The van der Waals surface area contributed by atoms with Crippen molar-refractivity contribution in [3.05, 3.63) is 89.3 Å². The van der Waals surface area contributed by atoms with Crippen molar-refractivity contribution in [1.82, 2.24) is 20.2 Å². The van der Waals surface area contributed by atoms with Gasteiger partial charge >= 0.3 is 5.97 Å². The average Bonchev–Trinajstić information content (AvgIpc) is 3.18. The van der Waals surface area contributed by atoms with Gasteiger partial charge in [-0.2, -0.15) is 0 Å². The third-order valence-electron chi connectivity index (χ3n) is 4.81. The van der Waals surface area contributed by atoms with Crippen LogP contribution in [0.3, 0.4) is 0 Å². The van der Waals surface area contributed by atoms with E-state index in [1.807, 2.05) is 0 Å². The first-order chi connectivity index (χ1) is 15.7. The van der Waals surface area contributed by atoms with Gasteiger partial charge in [0.15, 0.2) is 5.82 Å². The minimum atomic E-state index is -1.24. The van der Waals surface area contributed by atoms with E-state index in [1.165, 1.54) is 41.1 Å². The molecule has 0 unspecified atom stereocenters. The summed E-state index contributed by atoms with van der Waals surface area (Å²) in [4.78, 5) is 10.8. The summed E-state index contributed by atoms with van der Waals surface area (Å²) in [5.74, 6) is -1.73. The van der Waals surface area contributed by atoms with Crippen molar-refractivity contribution < 1.29 is 28.9 Å². The topological polar surface area (TPSA) is 121 Å². The largest absolute Gasteiger partial charge is 0.481 e. The fourth-order valence-electron chi connectivity index (χ4n) is 3.29. The number of aromatic nitrogens is 4. The van der Waals surface area contributed by atoms with Crippen LogP contribution in [0.25, 0.3) is 11.1 Å². The first-order valence-corrected chi connectivity index (χ1v) is 9.99. The Labute approximate surface area is 188 Å². The molecule has 0 saturated heterocycles. The van der Waals surface area contributed by atoms with Crippen LogP contribution in [0.15, 0.2) is 60.7 Å². The van der Waals surface area contributed by atoms with Crippen molar-refractivity contribution in [3.63, 3.8) is 0 Å². The molecule has 1 heterocycles. The fourth-order valence-corrected chi connectivity index (χ4v) is 3.29. The Bertz CT molecular complexity index is 1110. The van der Waals surface area contributed by atoms with Gasteiger partial charge in [0.05, 0.1) is 18.6 Å². The number of rotatable bonds is 9. The third kappa shape index (κ3) is 6.37. The molecule has 172 valence electrons. The predicted octanol–water partition coefficient (Wildman–Crippen LogP) is 2.59. The lowest BCUT2D eigenvalue weighted by atomic mass is 9.91. The van der Waals surface area contributed by atoms with Crippen LogP contribution in [-0.2, 0) is 11.8 Å². The number of tetrazole rings is 1. The van der Waals surface area contributed by atoms with Gasteiger partial charge in [0.2, 0.25) is 0 Å². The van der Waals surface area contributed by atoms with Crippen molar-refractivity contribution in [2.24, 2.45) is 7.05 Å². The quantitative estimate of drug-likeness (QED) is 0.423. The molecular formula is C23H22F2N4O4. The second-order valence-corrected chi connectivity index (χ2v) is 7.34. The zero-order valence-corrected chi connectivity index (χ0v) is 17.6. The summed E-state index contributed by atoms with van der Waals surface area (Å²) in [5, 5.41) is 40.5. The molecule has 0 aliphatic heterocycles. The number of carboxylic acids is 1. The van der Waals surface area contributed by atoms with Gasteiger partial charge in [-0.3, -0.25) is 4.79 Å². The molecule has 0 aliphatic carbocycles. The maximum atomic E-state index is 13.6. The first-order valence-electron chi connectivity index (χ1n) is 9.99. The minimum Gasteiger partial charge on any atom is -0.481 e. The Morgan fingerprint density at radius 1 is 1.03 bits per heavy atom. The van der Waals surface area contributed by atoms with E-state index in [1.54, 1.807) is 31.3 Å². The molecule has 33 heavy (non-hydrogen) atoms. The molecular weight excluding hydrogens is 434 g/mol. The van der Waals surface area contributed by atoms with Crippen molar-refractivity contribution in [2.75, 3.05) is 0 Å². The summed E-state index contributed by atoms with van der Waals surface area (Å²) in [6, 6.07) is 11.4. The Morgan fingerprint density at radius 2 is 1.58 bits per heavy atom. The number of benzene rings is 2. The van der Waals surface area contributed by atoms with E-state index >= 15 is 0 Å². The lowest BCUT2D eigenvalue weighted by Crippen LogP contribution is -2.19. The number of aryl methyl sites for hydroxylation is 1. The molecule has 2 aromatic carbocycles. The number of nitrogens with zero attached hydrogens (tertiary/aromatic N) is 4. The number of aliphatic carboxylic acids is 1. The standard InChI is InChI=1S/C23H22F2N4O4/c1-29-23(26-27-28-29)20(11-10-18(30)12-19(31)13-21(32)33)22(14-2-6-16(24)7-3-14)15-4-8-17(25)9-5-15/h2-11,18-19,30-31H,12-13H2,1H3,(H,32,33)/b11-10+/t18-,19+/m0/s1. The van der Waals surface area contributed by atoms with E-state index in [9.17, 15) is 23.8 Å². The minimum absolute atomic E-state index is 0.199. The van der Waals surface area contributed by atoms with Crippen molar-refractivity contribution in [1.29, 1.82) is 0 Å². The molecule has 3 aromatic rings. The highest BCUT2D eigenvalue weighted by Gasteiger charge is 2.18. The highest BCUT2D eigenvalue weighted by Crippen LogP contribution is 2.32. The molecule has 0 amide bonds. The molecule has 0 saturated carbocycles. The lowest BCUT2D eigenvalue weighted by Gasteiger charge is -2.15. The maximum Gasteiger partial charge on any atom is 0.305 e. The highest BCUT2D eigenvalue weighted by molar-refractivity contribution is 6.00. The predicted molar refractivity (Wildman–Crippen MR) is 116 cm³/mol. The third-order valence-corrected chi connectivity index (χ3v) is 4.81. The van der Waals surface area contributed by atoms with E-state index in [-0.39, 0.29) is 6.42 Å². The summed E-state index contributed by atoms with van der Waals surface area (Å²) in [6.45, 7) is 0. The second kappa shape index (κ2) is 10.7. The van der Waals surface area contributed by atoms with E-state index < -0.39 is 36.2 Å². The number of hydrogen-bond acceptors (Lipinski definition) is 6. The molecule has 0 bridgehead atoms. The second-order valence-electron chi connectivity index (χ2n) is 7.34. The zero-order valence-electron chi connectivity index (χ0n) is 17.6. The SMILES string of the molecule is Cn1nnnc1C(/C=C/[C@H](O)C[C@@H](O)CC(=O)O)=C(c1ccc(F)cc1)c1ccc(F)cc1. The summed E-state index contributed by atoms with van der Waals surface area (Å²) in [7, 11) is 1.61. The van der Waals surface area contributed by atoms with Gasteiger partial charge in [-0.15, -0.1) is 5.10 Å². The molecule has 8 nitrogen and oxygen atoms in total. The van der Waals surface area contributed by atoms with E-state index in [0.717, 1.165) is 0 Å². The van der Waals surface area contributed by atoms with Crippen LogP contribution in [-0.4, -0.2) is 53.7 Å². The van der Waals surface area contributed by atoms with E-state index in [0.29, 0.717) is 28.1 Å². The monoisotopic (exact) mass is 456 g/mol. The van der Waals surface area contributed by atoms with Crippen LogP contribution in [0.4, 0.5) is 8.78 Å². The van der Waals surface area contributed by atoms with Gasteiger partial charge < -0.3 is 15.3 Å².